The Labute approximate surface area is 169 Å². The van der Waals surface area contributed by atoms with Crippen molar-refractivity contribution < 1.29 is 23.9 Å². The van der Waals surface area contributed by atoms with E-state index in [0.717, 1.165) is 0 Å². The first kappa shape index (κ1) is 21.6. The molecule has 0 radical (unpaired) electrons. The Morgan fingerprint density at radius 1 is 0.857 bits per heavy atom. The summed E-state index contributed by atoms with van der Waals surface area (Å²) in [6.07, 6.45) is -0.0477. The average molecular weight is 403 g/mol. The Morgan fingerprint density at radius 2 is 1.39 bits per heavy atom. The van der Waals surface area contributed by atoms with E-state index in [0.29, 0.717) is 16.1 Å². The molecule has 0 bridgehead atoms. The summed E-state index contributed by atoms with van der Waals surface area (Å²) in [5.74, 6) is -3.53. The van der Waals surface area contributed by atoms with E-state index in [1.807, 2.05) is 6.07 Å². The van der Waals surface area contributed by atoms with Gasteiger partial charge in [-0.2, -0.15) is 0 Å². The van der Waals surface area contributed by atoms with Crippen molar-refractivity contribution >= 4 is 29.3 Å². The zero-order chi connectivity index (χ0) is 20.5. The van der Waals surface area contributed by atoms with E-state index in [-0.39, 0.29) is 25.4 Å². The predicted molar refractivity (Wildman–Crippen MR) is 106 cm³/mol. The molecular formula is C22H23ClO5. The first-order valence-electron chi connectivity index (χ1n) is 9.14. The summed E-state index contributed by atoms with van der Waals surface area (Å²) in [7, 11) is 0. The minimum absolute atomic E-state index is 0.0477. The number of carbonyl (C=O) groups excluding carboxylic acids is 3. The van der Waals surface area contributed by atoms with Crippen LogP contribution in [0.15, 0.2) is 54.6 Å². The molecule has 2 aromatic carbocycles. The molecule has 0 fully saturated rings. The highest BCUT2D eigenvalue weighted by molar-refractivity contribution is 6.30. The van der Waals surface area contributed by atoms with Crippen LogP contribution >= 0.6 is 11.6 Å². The van der Waals surface area contributed by atoms with E-state index in [1.165, 1.54) is 0 Å². The Bertz CT molecular complexity index is 783. The molecule has 0 saturated carbocycles. The Kier molecular flexibility index (Phi) is 8.20. The van der Waals surface area contributed by atoms with Crippen LogP contribution in [-0.2, 0) is 19.1 Å². The number of rotatable bonds is 9. The van der Waals surface area contributed by atoms with Gasteiger partial charge in [0.05, 0.1) is 13.2 Å². The lowest BCUT2D eigenvalue weighted by atomic mass is 9.81. The molecule has 148 valence electrons. The van der Waals surface area contributed by atoms with E-state index >= 15 is 0 Å². The third kappa shape index (κ3) is 5.67. The molecule has 5 nitrogen and oxygen atoms in total. The molecule has 0 amide bonds. The van der Waals surface area contributed by atoms with Crippen molar-refractivity contribution in [1.29, 1.82) is 0 Å². The zero-order valence-electron chi connectivity index (χ0n) is 15.9. The molecule has 0 aliphatic heterocycles. The maximum atomic E-state index is 12.9. The van der Waals surface area contributed by atoms with Gasteiger partial charge < -0.3 is 9.47 Å². The highest BCUT2D eigenvalue weighted by Crippen LogP contribution is 2.32. The topological polar surface area (TPSA) is 69.7 Å². The lowest BCUT2D eigenvalue weighted by Gasteiger charge is -2.24. The van der Waals surface area contributed by atoms with Gasteiger partial charge in [0.15, 0.2) is 11.7 Å². The normalized spacial score (nSPS) is 11.7. The van der Waals surface area contributed by atoms with Gasteiger partial charge in [-0.3, -0.25) is 14.4 Å². The average Bonchev–Trinajstić information content (AvgIpc) is 2.69. The summed E-state index contributed by atoms with van der Waals surface area (Å²) in [5, 5.41) is 0.520. The third-order valence-electron chi connectivity index (χ3n) is 4.28. The summed E-state index contributed by atoms with van der Waals surface area (Å²) in [6.45, 7) is 3.58. The first-order valence-corrected chi connectivity index (χ1v) is 9.52. The van der Waals surface area contributed by atoms with Crippen LogP contribution in [0.4, 0.5) is 0 Å². The molecule has 0 unspecified atom stereocenters. The molecule has 0 aliphatic rings. The molecule has 2 aromatic rings. The smallest absolute Gasteiger partial charge is 0.320 e. The number of ether oxygens (including phenoxy) is 2. The van der Waals surface area contributed by atoms with Crippen molar-refractivity contribution in [3.63, 3.8) is 0 Å². The molecule has 6 heteroatoms. The summed E-state index contributed by atoms with van der Waals surface area (Å²) in [4.78, 5) is 38.0. The second-order valence-corrected chi connectivity index (χ2v) is 6.57. The van der Waals surface area contributed by atoms with E-state index in [1.54, 1.807) is 62.4 Å². The predicted octanol–water partition coefficient (Wildman–Crippen LogP) is 4.44. The molecule has 0 aromatic heterocycles. The van der Waals surface area contributed by atoms with Crippen LogP contribution in [0.2, 0.25) is 5.02 Å². The fourth-order valence-corrected chi connectivity index (χ4v) is 3.10. The van der Waals surface area contributed by atoms with E-state index in [2.05, 4.69) is 0 Å². The molecule has 28 heavy (non-hydrogen) atoms. The van der Waals surface area contributed by atoms with Crippen LogP contribution in [0.25, 0.3) is 0 Å². The maximum absolute atomic E-state index is 12.9. The molecule has 0 aliphatic carbocycles. The fraction of sp³-hybridized carbons (Fsp3) is 0.318. The van der Waals surface area contributed by atoms with Gasteiger partial charge in [0.2, 0.25) is 0 Å². The Balaban J connectivity index is 2.41. The van der Waals surface area contributed by atoms with Crippen LogP contribution in [0.3, 0.4) is 0 Å². The SMILES string of the molecule is CCOC(=O)C(C(=O)OCC)[C@H](CC(=O)c1ccc(Cl)cc1)c1ccccc1. The molecule has 0 saturated heterocycles. The number of benzene rings is 2. The van der Waals surface area contributed by atoms with Crippen LogP contribution in [0.1, 0.15) is 42.1 Å². The summed E-state index contributed by atoms with van der Waals surface area (Å²) in [6, 6.07) is 15.5. The monoisotopic (exact) mass is 402 g/mol. The van der Waals surface area contributed by atoms with Crippen LogP contribution in [0, 0.1) is 5.92 Å². The molecule has 0 spiro atoms. The number of carbonyl (C=O) groups is 3. The van der Waals surface area contributed by atoms with Crippen LogP contribution in [0.5, 0.6) is 0 Å². The van der Waals surface area contributed by atoms with Gasteiger partial charge in [0, 0.05) is 22.9 Å². The van der Waals surface area contributed by atoms with Gasteiger partial charge in [-0.25, -0.2) is 0 Å². The second kappa shape index (κ2) is 10.6. The number of ketones is 1. The zero-order valence-corrected chi connectivity index (χ0v) is 16.6. The van der Waals surface area contributed by atoms with Crippen molar-refractivity contribution in [2.45, 2.75) is 26.2 Å². The van der Waals surface area contributed by atoms with E-state index in [9.17, 15) is 14.4 Å². The lowest BCUT2D eigenvalue weighted by Crippen LogP contribution is -2.34. The van der Waals surface area contributed by atoms with Crippen molar-refractivity contribution in [1.82, 2.24) is 0 Å². The maximum Gasteiger partial charge on any atom is 0.320 e. The second-order valence-electron chi connectivity index (χ2n) is 6.13. The van der Waals surface area contributed by atoms with Crippen molar-refractivity contribution in [3.8, 4) is 0 Å². The number of Topliss-reactive ketones (excluding diaryl/α,β-unsaturated/α-hetero) is 1. The van der Waals surface area contributed by atoms with Crippen molar-refractivity contribution in [3.05, 3.63) is 70.7 Å². The Morgan fingerprint density at radius 3 is 1.89 bits per heavy atom. The van der Waals surface area contributed by atoms with Gasteiger partial charge >= 0.3 is 11.9 Å². The van der Waals surface area contributed by atoms with Gasteiger partial charge in [-0.15, -0.1) is 0 Å². The minimum Gasteiger partial charge on any atom is -0.465 e. The Hall–Kier alpha value is -2.66. The van der Waals surface area contributed by atoms with Crippen LogP contribution in [-0.4, -0.2) is 30.9 Å². The van der Waals surface area contributed by atoms with E-state index < -0.39 is 23.8 Å². The molecule has 0 heterocycles. The molecule has 2 rings (SSSR count). The number of esters is 2. The van der Waals surface area contributed by atoms with Crippen molar-refractivity contribution in [2.75, 3.05) is 13.2 Å². The van der Waals surface area contributed by atoms with Gasteiger partial charge in [-0.1, -0.05) is 41.9 Å². The highest BCUT2D eigenvalue weighted by atomic mass is 35.5. The molecular weight excluding hydrogens is 380 g/mol. The summed E-state index contributed by atoms with van der Waals surface area (Å²) >= 11 is 5.89. The van der Waals surface area contributed by atoms with Crippen molar-refractivity contribution in [2.24, 2.45) is 5.92 Å². The first-order chi connectivity index (χ1) is 13.5. The largest absolute Gasteiger partial charge is 0.465 e. The minimum atomic E-state index is -1.22. The van der Waals surface area contributed by atoms with Gasteiger partial charge in [0.1, 0.15) is 0 Å². The number of halogens is 1. The number of hydrogen-bond acceptors (Lipinski definition) is 5. The molecule has 1 atom stereocenters. The standard InChI is InChI=1S/C22H23ClO5/c1-3-27-21(25)20(22(26)28-4-2)18(15-8-6-5-7-9-15)14-19(24)16-10-12-17(23)13-11-16/h5-13,18,20H,3-4,14H2,1-2H3/t18-/m1/s1. The quantitative estimate of drug-likeness (QED) is 0.352. The number of hydrogen-bond donors (Lipinski definition) is 0. The fourth-order valence-electron chi connectivity index (χ4n) is 2.97. The van der Waals surface area contributed by atoms with Gasteiger partial charge in [0.25, 0.3) is 0 Å². The lowest BCUT2D eigenvalue weighted by molar-refractivity contribution is -0.162. The van der Waals surface area contributed by atoms with Crippen LogP contribution < -0.4 is 0 Å². The molecule has 0 N–H and O–H groups in total. The third-order valence-corrected chi connectivity index (χ3v) is 4.53. The van der Waals surface area contributed by atoms with Gasteiger partial charge in [-0.05, 0) is 43.7 Å². The summed E-state index contributed by atoms with van der Waals surface area (Å²) < 4.78 is 10.2. The van der Waals surface area contributed by atoms with E-state index in [4.69, 9.17) is 21.1 Å². The highest BCUT2D eigenvalue weighted by Gasteiger charge is 2.39. The summed E-state index contributed by atoms with van der Waals surface area (Å²) in [5.41, 5.74) is 1.15.